The fourth-order valence-corrected chi connectivity index (χ4v) is 6.67. The minimum Gasteiger partial charge on any atom is -0.358 e. The van der Waals surface area contributed by atoms with Crippen LogP contribution in [0.1, 0.15) is 64.1 Å². The molecule has 7 aromatic rings. The van der Waals surface area contributed by atoms with Crippen LogP contribution >= 0.6 is 0 Å². The molecule has 7 rings (SSSR count). The van der Waals surface area contributed by atoms with Crippen LogP contribution in [0.25, 0.3) is 33.3 Å². The number of rotatable bonds is 5. The molecule has 0 aliphatic rings. The van der Waals surface area contributed by atoms with Crippen LogP contribution in [0.3, 0.4) is 0 Å². The van der Waals surface area contributed by atoms with Crippen molar-refractivity contribution < 1.29 is 21.1 Å². The van der Waals surface area contributed by atoms with Crippen molar-refractivity contribution in [2.45, 2.75) is 66.2 Å². The SMILES string of the molecule is Cc1cc(C)n(-c2[c-]c(N(c3[c-]c4c(cc3)c3ccccc3n4-c3ccccn3)c3c(C(C)(C)C)cccc3C(C)(C)C)ccc2)n1.[Pt+2]. The van der Waals surface area contributed by atoms with Gasteiger partial charge in [0.15, 0.2) is 0 Å². The summed E-state index contributed by atoms with van der Waals surface area (Å²) in [5.41, 5.74) is 10.3. The number of hydrogen-bond acceptors (Lipinski definition) is 3. The third-order valence-corrected chi connectivity index (χ3v) is 8.81. The Morgan fingerprint density at radius 2 is 1.33 bits per heavy atom. The normalized spacial score (nSPS) is 12.0. The second kappa shape index (κ2) is 12.5. The maximum atomic E-state index is 4.80. The van der Waals surface area contributed by atoms with Crippen molar-refractivity contribution in [1.82, 2.24) is 19.3 Å². The number of hydrogen-bond donors (Lipinski definition) is 0. The molecule has 0 saturated carbocycles. The van der Waals surface area contributed by atoms with Gasteiger partial charge in [0, 0.05) is 23.1 Å². The Morgan fingerprint density at radius 1 is 0.667 bits per heavy atom. The van der Waals surface area contributed by atoms with Crippen LogP contribution in [-0.2, 0) is 31.9 Å². The first-order chi connectivity index (χ1) is 22.4. The van der Waals surface area contributed by atoms with E-state index in [4.69, 9.17) is 10.1 Å². The molecule has 0 spiro atoms. The van der Waals surface area contributed by atoms with E-state index in [1.807, 2.05) is 29.9 Å². The summed E-state index contributed by atoms with van der Waals surface area (Å²) in [5, 5.41) is 7.11. The van der Waals surface area contributed by atoms with Gasteiger partial charge in [-0.15, -0.1) is 35.7 Å². The van der Waals surface area contributed by atoms with E-state index < -0.39 is 0 Å². The maximum absolute atomic E-state index is 4.80. The second-order valence-corrected chi connectivity index (χ2v) is 14.4. The molecule has 4 aromatic carbocycles. The summed E-state index contributed by atoms with van der Waals surface area (Å²) in [6, 6.07) is 41.9. The van der Waals surface area contributed by atoms with Gasteiger partial charge < -0.3 is 9.47 Å². The number of benzene rings is 4. The first-order valence-corrected chi connectivity index (χ1v) is 16.3. The summed E-state index contributed by atoms with van der Waals surface area (Å²) < 4.78 is 4.20. The fraction of sp³-hybridized carbons (Fsp3) is 0.238. The molecule has 0 saturated heterocycles. The third kappa shape index (κ3) is 5.90. The Labute approximate surface area is 298 Å². The van der Waals surface area contributed by atoms with Gasteiger partial charge in [0.2, 0.25) is 0 Å². The molecule has 0 aliphatic heterocycles. The standard InChI is InChI=1S/C42H41N5.Pt/c1-28-25-29(2)47(44-28)32-16-13-15-30(26-32)45(40-35(41(3,4)5)18-14-19-36(40)42(6,7)8)31-22-23-34-33-17-9-10-20-37(33)46(38(34)27-31)39-21-11-12-24-43-39;/h9-25H,1-8H3;/q-2;+2. The Bertz CT molecular complexity index is 2210. The monoisotopic (exact) mass is 810 g/mol. The predicted octanol–water partition coefficient (Wildman–Crippen LogP) is 10.6. The van der Waals surface area contributed by atoms with Crippen LogP contribution in [-0.4, -0.2) is 19.3 Å². The Kier molecular flexibility index (Phi) is 8.72. The Hall–Kier alpha value is -4.47. The Morgan fingerprint density at radius 3 is 1.98 bits per heavy atom. The number of anilines is 3. The number of pyridine rings is 1. The Balaban J connectivity index is 0.00000401. The molecule has 3 aromatic heterocycles. The zero-order valence-corrected chi connectivity index (χ0v) is 31.1. The van der Waals surface area contributed by atoms with Crippen LogP contribution < -0.4 is 4.90 Å². The smallest absolute Gasteiger partial charge is 0.358 e. The van der Waals surface area contributed by atoms with E-state index in [9.17, 15) is 0 Å². The van der Waals surface area contributed by atoms with Crippen molar-refractivity contribution in [3.63, 3.8) is 0 Å². The average Bonchev–Trinajstić information content (AvgIpc) is 3.56. The van der Waals surface area contributed by atoms with Crippen molar-refractivity contribution in [1.29, 1.82) is 0 Å². The number of fused-ring (bicyclic) bond motifs is 3. The summed E-state index contributed by atoms with van der Waals surface area (Å²) in [4.78, 5) is 7.13. The van der Waals surface area contributed by atoms with Crippen LogP contribution in [0.4, 0.5) is 17.1 Å². The van der Waals surface area contributed by atoms with E-state index in [1.54, 1.807) is 0 Å². The summed E-state index contributed by atoms with van der Waals surface area (Å²) in [7, 11) is 0. The largest absolute Gasteiger partial charge is 2.00 e. The van der Waals surface area contributed by atoms with Crippen molar-refractivity contribution in [3.05, 3.63) is 138 Å². The molecule has 0 amide bonds. The van der Waals surface area contributed by atoms with Gasteiger partial charge in [-0.25, -0.2) is 4.98 Å². The van der Waals surface area contributed by atoms with Crippen molar-refractivity contribution in [2.24, 2.45) is 0 Å². The average molecular weight is 811 g/mol. The van der Waals surface area contributed by atoms with Gasteiger partial charge in [0.25, 0.3) is 0 Å². The minimum absolute atomic E-state index is 0. The van der Waals surface area contributed by atoms with Gasteiger partial charge >= 0.3 is 21.1 Å². The number of para-hydroxylation sites is 2. The van der Waals surface area contributed by atoms with Crippen LogP contribution in [0.5, 0.6) is 0 Å². The maximum Gasteiger partial charge on any atom is 2.00 e. The molecule has 0 bridgehead atoms. The molecule has 48 heavy (non-hydrogen) atoms. The van der Waals surface area contributed by atoms with E-state index in [0.29, 0.717) is 0 Å². The zero-order valence-electron chi connectivity index (χ0n) is 28.9. The van der Waals surface area contributed by atoms with E-state index in [2.05, 4.69) is 155 Å². The van der Waals surface area contributed by atoms with Gasteiger partial charge in [-0.05, 0) is 71.1 Å². The van der Waals surface area contributed by atoms with E-state index >= 15 is 0 Å². The molecule has 0 aliphatic carbocycles. The summed E-state index contributed by atoms with van der Waals surface area (Å²) >= 11 is 0. The minimum atomic E-state index is -0.130. The topological polar surface area (TPSA) is 38.9 Å². The quantitative estimate of drug-likeness (QED) is 0.163. The molecular formula is C42H41N5Pt. The van der Waals surface area contributed by atoms with E-state index in [0.717, 1.165) is 56.4 Å². The van der Waals surface area contributed by atoms with E-state index in [-0.39, 0.29) is 31.9 Å². The zero-order chi connectivity index (χ0) is 33.1. The van der Waals surface area contributed by atoms with Crippen LogP contribution in [0, 0.1) is 26.0 Å². The van der Waals surface area contributed by atoms with Gasteiger partial charge in [-0.2, -0.15) is 17.2 Å². The van der Waals surface area contributed by atoms with Gasteiger partial charge in [-0.1, -0.05) is 101 Å². The molecule has 5 nitrogen and oxygen atoms in total. The molecule has 244 valence electrons. The third-order valence-electron chi connectivity index (χ3n) is 8.81. The number of aromatic nitrogens is 4. The molecule has 3 heterocycles. The molecule has 0 N–H and O–H groups in total. The van der Waals surface area contributed by atoms with Crippen LogP contribution in [0.15, 0.2) is 103 Å². The molecule has 0 radical (unpaired) electrons. The molecule has 6 heteroatoms. The second-order valence-electron chi connectivity index (χ2n) is 14.4. The van der Waals surface area contributed by atoms with Crippen molar-refractivity contribution >= 4 is 38.9 Å². The van der Waals surface area contributed by atoms with E-state index in [1.165, 1.54) is 16.5 Å². The number of nitrogens with zero attached hydrogens (tertiary/aromatic N) is 5. The molecular weight excluding hydrogens is 770 g/mol. The van der Waals surface area contributed by atoms with Crippen molar-refractivity contribution in [2.75, 3.05) is 4.90 Å². The van der Waals surface area contributed by atoms with Gasteiger partial charge in [0.05, 0.1) is 5.69 Å². The van der Waals surface area contributed by atoms with Crippen LogP contribution in [0.2, 0.25) is 0 Å². The van der Waals surface area contributed by atoms with Gasteiger partial charge in [0.1, 0.15) is 5.82 Å². The first-order valence-electron chi connectivity index (χ1n) is 16.3. The van der Waals surface area contributed by atoms with Crippen molar-refractivity contribution in [3.8, 4) is 11.5 Å². The molecule has 0 atom stereocenters. The molecule has 0 unspecified atom stereocenters. The first kappa shape index (κ1) is 33.4. The predicted molar refractivity (Wildman–Crippen MR) is 195 cm³/mol. The number of aryl methyl sites for hydroxylation is 2. The summed E-state index contributed by atoms with van der Waals surface area (Å²) in [6.45, 7) is 17.9. The summed E-state index contributed by atoms with van der Waals surface area (Å²) in [5.74, 6) is 0.863. The summed E-state index contributed by atoms with van der Waals surface area (Å²) in [6.07, 6.45) is 1.85. The molecule has 0 fully saturated rings. The van der Waals surface area contributed by atoms with Gasteiger partial charge in [-0.3, -0.25) is 4.68 Å². The fourth-order valence-electron chi connectivity index (χ4n) is 6.67.